The van der Waals surface area contributed by atoms with Crippen molar-refractivity contribution in [1.29, 1.82) is 0 Å². The van der Waals surface area contributed by atoms with Crippen LogP contribution in [0.3, 0.4) is 0 Å². The first-order valence-corrected chi connectivity index (χ1v) is 13.2. The minimum Gasteiger partial charge on any atom is -0.457 e. The summed E-state index contributed by atoms with van der Waals surface area (Å²) < 4.78 is 8.82. The second-order valence-electron chi connectivity index (χ2n) is 11.3. The van der Waals surface area contributed by atoms with E-state index in [1.54, 1.807) is 6.92 Å². The number of aryl methyl sites for hydroxylation is 2. The molecule has 1 aromatic heterocycles. The van der Waals surface area contributed by atoms with E-state index in [4.69, 9.17) is 4.74 Å². The van der Waals surface area contributed by atoms with Crippen molar-refractivity contribution in [2.24, 2.45) is 17.3 Å². The first kappa shape index (κ1) is 24.3. The molecule has 4 fully saturated rings. The molecule has 1 heterocycles. The van der Waals surface area contributed by atoms with Gasteiger partial charge in [-0.05, 0) is 101 Å². The molecule has 4 bridgehead atoms. The number of Topliss-reactive ketones (excluding diaryl/α,β-unsaturated/α-hetero) is 1. The lowest BCUT2D eigenvalue weighted by atomic mass is 9.47. The number of nitrogens with zero attached hydrogens (tertiary/aromatic N) is 1. The summed E-state index contributed by atoms with van der Waals surface area (Å²) in [5.41, 5.74) is 3.60. The second kappa shape index (κ2) is 8.61. The minimum absolute atomic E-state index is 0.0398. The molecule has 2 unspecified atom stereocenters. The topological polar surface area (TPSA) is 77.4 Å². The Kier molecular flexibility index (Phi) is 5.98. The van der Waals surface area contributed by atoms with Crippen LogP contribution >= 0.6 is 15.9 Å². The predicted octanol–water partition coefficient (Wildman–Crippen LogP) is 5.37. The third-order valence-electron chi connectivity index (χ3n) is 8.40. The monoisotopic (exact) mass is 540 g/mol. The summed E-state index contributed by atoms with van der Waals surface area (Å²) in [6.45, 7) is 7.23. The number of rotatable bonds is 6. The van der Waals surface area contributed by atoms with E-state index < -0.39 is 5.41 Å². The largest absolute Gasteiger partial charge is 0.457 e. The number of aromatic nitrogens is 1. The minimum atomic E-state index is -0.585. The molecule has 35 heavy (non-hydrogen) atoms. The molecule has 4 saturated carbocycles. The Bertz CT molecular complexity index is 1220. The average molecular weight is 541 g/mol. The van der Waals surface area contributed by atoms with Crippen molar-refractivity contribution in [3.05, 3.63) is 51.3 Å². The maximum atomic E-state index is 13.4. The van der Waals surface area contributed by atoms with Crippen molar-refractivity contribution in [3.8, 4) is 5.69 Å². The van der Waals surface area contributed by atoms with Gasteiger partial charge in [-0.3, -0.25) is 14.4 Å². The summed E-state index contributed by atoms with van der Waals surface area (Å²) in [5.74, 6) is 0.362. The molecule has 0 saturated heterocycles. The maximum absolute atomic E-state index is 13.4. The SMILES string of the molecule is CC(=O)NC12CC3CC(C1)CC(C(=O)OCC(=O)c1cc(C)n(-c4ccc(Br)c(C)c4)c1C)(C3)C2. The summed E-state index contributed by atoms with van der Waals surface area (Å²) in [4.78, 5) is 38.5. The van der Waals surface area contributed by atoms with Gasteiger partial charge in [0.15, 0.2) is 6.61 Å². The van der Waals surface area contributed by atoms with Crippen LogP contribution in [0.1, 0.15) is 72.8 Å². The first-order valence-electron chi connectivity index (χ1n) is 12.5. The van der Waals surface area contributed by atoms with Gasteiger partial charge in [-0.15, -0.1) is 0 Å². The average Bonchev–Trinajstić information content (AvgIpc) is 3.06. The normalized spacial score (nSPS) is 28.7. The van der Waals surface area contributed by atoms with E-state index in [-0.39, 0.29) is 29.8 Å². The summed E-state index contributed by atoms with van der Waals surface area (Å²) in [7, 11) is 0. The molecule has 186 valence electrons. The Morgan fingerprint density at radius 2 is 1.77 bits per heavy atom. The summed E-state index contributed by atoms with van der Waals surface area (Å²) >= 11 is 3.54. The number of nitrogens with one attached hydrogen (secondary N) is 1. The molecule has 6 rings (SSSR count). The number of ketones is 1. The molecule has 2 atom stereocenters. The molecule has 6 nitrogen and oxygen atoms in total. The van der Waals surface area contributed by atoms with Crippen molar-refractivity contribution in [2.45, 2.75) is 71.8 Å². The quantitative estimate of drug-likeness (QED) is 0.394. The zero-order valence-corrected chi connectivity index (χ0v) is 22.5. The van der Waals surface area contributed by atoms with E-state index in [1.807, 2.05) is 39.0 Å². The van der Waals surface area contributed by atoms with Crippen LogP contribution in [0.5, 0.6) is 0 Å². The summed E-state index contributed by atoms with van der Waals surface area (Å²) in [6.07, 6.45) is 5.23. The van der Waals surface area contributed by atoms with Gasteiger partial charge < -0.3 is 14.6 Å². The molecular weight excluding hydrogens is 508 g/mol. The van der Waals surface area contributed by atoms with Crippen LogP contribution in [0, 0.1) is 38.0 Å². The lowest BCUT2D eigenvalue weighted by molar-refractivity contribution is -0.174. The Hall–Kier alpha value is -2.41. The van der Waals surface area contributed by atoms with Gasteiger partial charge in [-0.1, -0.05) is 15.9 Å². The molecule has 0 spiro atoms. The molecule has 1 amide bonds. The second-order valence-corrected chi connectivity index (χ2v) is 12.1. The van der Waals surface area contributed by atoms with Crippen LogP contribution < -0.4 is 5.32 Å². The van der Waals surface area contributed by atoms with Gasteiger partial charge in [0.05, 0.1) is 5.41 Å². The van der Waals surface area contributed by atoms with Crippen LogP contribution in [-0.4, -0.2) is 34.4 Å². The van der Waals surface area contributed by atoms with Crippen LogP contribution in [0.15, 0.2) is 28.7 Å². The molecule has 0 aliphatic heterocycles. The van der Waals surface area contributed by atoms with Crippen molar-refractivity contribution in [1.82, 2.24) is 9.88 Å². The number of amides is 1. The Labute approximate surface area is 214 Å². The number of ether oxygens (including phenoxy) is 1. The standard InChI is InChI=1S/C28H33BrN2O4/c1-16-7-22(5-6-24(16)29)31-17(2)8-23(18(31)3)25(33)14-35-26(34)27-10-20-9-21(11-27)13-28(12-20,15-27)30-19(4)32/h5-8,20-21H,9-15H2,1-4H3,(H,30,32). The van der Waals surface area contributed by atoms with Gasteiger partial charge in [0.2, 0.25) is 11.7 Å². The Balaban J connectivity index is 1.32. The van der Waals surface area contributed by atoms with E-state index in [9.17, 15) is 14.4 Å². The fourth-order valence-corrected chi connectivity index (χ4v) is 7.84. The highest BCUT2D eigenvalue weighted by atomic mass is 79.9. The molecule has 4 aliphatic rings. The van der Waals surface area contributed by atoms with E-state index >= 15 is 0 Å². The van der Waals surface area contributed by atoms with Gasteiger partial charge in [-0.2, -0.15) is 0 Å². The molecule has 1 aromatic carbocycles. The number of hydrogen-bond acceptors (Lipinski definition) is 4. The third-order valence-corrected chi connectivity index (χ3v) is 9.29. The van der Waals surface area contributed by atoms with E-state index in [1.165, 1.54) is 0 Å². The third kappa shape index (κ3) is 4.26. The van der Waals surface area contributed by atoms with Crippen LogP contribution in [0.2, 0.25) is 0 Å². The van der Waals surface area contributed by atoms with Gasteiger partial charge in [0.1, 0.15) is 0 Å². The highest BCUT2D eigenvalue weighted by molar-refractivity contribution is 9.10. The number of carbonyl (C=O) groups is 3. The fraction of sp³-hybridized carbons (Fsp3) is 0.536. The zero-order valence-electron chi connectivity index (χ0n) is 20.9. The fourth-order valence-electron chi connectivity index (χ4n) is 7.59. The van der Waals surface area contributed by atoms with E-state index in [0.717, 1.165) is 59.2 Å². The van der Waals surface area contributed by atoms with Crippen LogP contribution in [-0.2, 0) is 14.3 Å². The summed E-state index contributed by atoms with van der Waals surface area (Å²) in [5, 5.41) is 3.18. The predicted molar refractivity (Wildman–Crippen MR) is 137 cm³/mol. The highest BCUT2D eigenvalue weighted by Gasteiger charge is 2.61. The molecule has 0 radical (unpaired) electrons. The number of hydrogen-bond donors (Lipinski definition) is 1. The molecule has 4 aliphatic carbocycles. The van der Waals surface area contributed by atoms with E-state index in [0.29, 0.717) is 23.8 Å². The van der Waals surface area contributed by atoms with Crippen molar-refractivity contribution in [2.75, 3.05) is 6.61 Å². The van der Waals surface area contributed by atoms with Gasteiger partial charge in [-0.25, -0.2) is 0 Å². The Morgan fingerprint density at radius 3 is 2.40 bits per heavy atom. The zero-order chi connectivity index (χ0) is 25.1. The highest BCUT2D eigenvalue weighted by Crippen LogP contribution is 2.62. The molecule has 1 N–H and O–H groups in total. The van der Waals surface area contributed by atoms with Gasteiger partial charge >= 0.3 is 5.97 Å². The van der Waals surface area contributed by atoms with Crippen LogP contribution in [0.4, 0.5) is 0 Å². The molecule has 2 aromatic rings. The van der Waals surface area contributed by atoms with Gasteiger partial charge in [0, 0.05) is 39.6 Å². The maximum Gasteiger partial charge on any atom is 0.312 e. The number of halogens is 1. The summed E-state index contributed by atoms with van der Waals surface area (Å²) in [6, 6.07) is 7.98. The Morgan fingerprint density at radius 1 is 1.09 bits per heavy atom. The lowest BCUT2D eigenvalue weighted by Gasteiger charge is -2.60. The molecule has 7 heteroatoms. The van der Waals surface area contributed by atoms with Crippen molar-refractivity contribution in [3.63, 3.8) is 0 Å². The number of carbonyl (C=O) groups excluding carboxylic acids is 3. The van der Waals surface area contributed by atoms with Crippen molar-refractivity contribution >= 4 is 33.6 Å². The smallest absolute Gasteiger partial charge is 0.312 e. The first-order chi connectivity index (χ1) is 16.5. The number of esters is 1. The van der Waals surface area contributed by atoms with E-state index in [2.05, 4.69) is 31.9 Å². The number of benzene rings is 1. The van der Waals surface area contributed by atoms with Crippen LogP contribution in [0.25, 0.3) is 5.69 Å². The molecular formula is C28H33BrN2O4. The van der Waals surface area contributed by atoms with Crippen molar-refractivity contribution < 1.29 is 19.1 Å². The lowest BCUT2D eigenvalue weighted by Crippen LogP contribution is -2.64. The van der Waals surface area contributed by atoms with Gasteiger partial charge in [0.25, 0.3) is 0 Å².